The number of nitrogens with one attached hydrogen (secondary N) is 1. The van der Waals surface area contributed by atoms with E-state index in [1.54, 1.807) is 18.3 Å². The quantitative estimate of drug-likeness (QED) is 0.724. The molecule has 0 amide bonds. The van der Waals surface area contributed by atoms with E-state index in [-0.39, 0.29) is 4.90 Å². The average molecular weight is 391 g/mol. The monoisotopic (exact) mass is 390 g/mol. The van der Waals surface area contributed by atoms with Crippen molar-refractivity contribution in [3.05, 3.63) is 42.1 Å². The number of hydrogen-bond donors (Lipinski definition) is 2. The molecule has 0 bridgehead atoms. The number of primary sulfonamides is 1. The summed E-state index contributed by atoms with van der Waals surface area (Å²) < 4.78 is 22.6. The Morgan fingerprint density at radius 3 is 2.44 bits per heavy atom. The fourth-order valence-electron chi connectivity index (χ4n) is 3.07. The largest absolute Gasteiger partial charge is 0.354 e. The molecule has 27 heavy (non-hydrogen) atoms. The minimum atomic E-state index is -3.65. The summed E-state index contributed by atoms with van der Waals surface area (Å²) in [4.78, 5) is 13.7. The number of aromatic nitrogens is 2. The number of benzene rings is 1. The smallest absolute Gasteiger partial charge is 0.238 e. The summed E-state index contributed by atoms with van der Waals surface area (Å²) in [6, 6.07) is 8.53. The van der Waals surface area contributed by atoms with Crippen LogP contribution in [-0.4, -0.2) is 62.6 Å². The van der Waals surface area contributed by atoms with E-state index in [1.807, 2.05) is 6.07 Å². The first kappa shape index (κ1) is 19.5. The Morgan fingerprint density at radius 1 is 1.11 bits per heavy atom. The van der Waals surface area contributed by atoms with Gasteiger partial charge in [-0.05, 0) is 36.7 Å². The molecule has 1 fully saturated rings. The second-order valence-corrected chi connectivity index (χ2v) is 8.09. The predicted molar refractivity (Wildman–Crippen MR) is 106 cm³/mol. The van der Waals surface area contributed by atoms with Crippen LogP contribution in [0.25, 0.3) is 0 Å². The molecule has 1 aliphatic rings. The van der Waals surface area contributed by atoms with Gasteiger partial charge < -0.3 is 15.1 Å². The Kier molecular flexibility index (Phi) is 6.25. The summed E-state index contributed by atoms with van der Waals surface area (Å²) in [7, 11) is -3.65. The average Bonchev–Trinajstić information content (AvgIpc) is 2.68. The van der Waals surface area contributed by atoms with Gasteiger partial charge in [0.2, 0.25) is 16.0 Å². The molecule has 3 N–H and O–H groups in total. The lowest BCUT2D eigenvalue weighted by molar-refractivity contribution is 0.270. The van der Waals surface area contributed by atoms with E-state index >= 15 is 0 Å². The minimum Gasteiger partial charge on any atom is -0.354 e. The number of piperazine rings is 1. The first-order valence-corrected chi connectivity index (χ1v) is 10.7. The molecule has 1 saturated heterocycles. The highest BCUT2D eigenvalue weighted by Crippen LogP contribution is 2.15. The van der Waals surface area contributed by atoms with Crippen LogP contribution in [-0.2, 0) is 16.4 Å². The van der Waals surface area contributed by atoms with Gasteiger partial charge in [0.1, 0.15) is 5.82 Å². The number of rotatable bonds is 7. The van der Waals surface area contributed by atoms with Crippen molar-refractivity contribution in [2.45, 2.75) is 18.2 Å². The highest BCUT2D eigenvalue weighted by molar-refractivity contribution is 7.89. The molecule has 0 radical (unpaired) electrons. The second kappa shape index (κ2) is 8.64. The van der Waals surface area contributed by atoms with Gasteiger partial charge in [-0.2, -0.15) is 4.98 Å². The van der Waals surface area contributed by atoms with Crippen LogP contribution in [0.3, 0.4) is 0 Å². The van der Waals surface area contributed by atoms with Crippen molar-refractivity contribution < 1.29 is 8.42 Å². The maximum Gasteiger partial charge on any atom is 0.238 e. The summed E-state index contributed by atoms with van der Waals surface area (Å²) in [6.45, 7) is 7.98. The zero-order chi connectivity index (χ0) is 19.3. The third kappa shape index (κ3) is 5.38. The number of hydrogen-bond acceptors (Lipinski definition) is 7. The zero-order valence-electron chi connectivity index (χ0n) is 15.5. The van der Waals surface area contributed by atoms with Crippen molar-refractivity contribution in [1.82, 2.24) is 14.9 Å². The summed E-state index contributed by atoms with van der Waals surface area (Å²) in [5, 5.41) is 8.35. The van der Waals surface area contributed by atoms with Crippen LogP contribution in [0.2, 0.25) is 0 Å². The highest BCUT2D eigenvalue weighted by atomic mass is 32.2. The van der Waals surface area contributed by atoms with Gasteiger partial charge in [-0.1, -0.05) is 19.1 Å². The maximum atomic E-state index is 11.3. The fraction of sp³-hybridized carbons (Fsp3) is 0.444. The van der Waals surface area contributed by atoms with Crippen molar-refractivity contribution in [2.24, 2.45) is 5.14 Å². The van der Waals surface area contributed by atoms with Gasteiger partial charge in [0.05, 0.1) is 4.90 Å². The predicted octanol–water partition coefficient (Wildman–Crippen LogP) is 0.920. The van der Waals surface area contributed by atoms with Crippen molar-refractivity contribution >= 4 is 21.8 Å². The fourth-order valence-corrected chi connectivity index (χ4v) is 3.58. The molecule has 1 aromatic carbocycles. The van der Waals surface area contributed by atoms with Crippen LogP contribution in [0.1, 0.15) is 12.5 Å². The van der Waals surface area contributed by atoms with Gasteiger partial charge in [-0.3, -0.25) is 0 Å². The van der Waals surface area contributed by atoms with Crippen LogP contribution in [0, 0.1) is 0 Å². The zero-order valence-corrected chi connectivity index (χ0v) is 16.3. The Morgan fingerprint density at radius 2 is 1.81 bits per heavy atom. The minimum absolute atomic E-state index is 0.124. The molecule has 146 valence electrons. The molecule has 2 aromatic rings. The van der Waals surface area contributed by atoms with Gasteiger partial charge in [-0.15, -0.1) is 0 Å². The van der Waals surface area contributed by atoms with Crippen LogP contribution in [0.5, 0.6) is 0 Å². The molecule has 0 atom stereocenters. The third-order valence-corrected chi connectivity index (χ3v) is 5.66. The van der Waals surface area contributed by atoms with Crippen molar-refractivity contribution in [3.8, 4) is 0 Å². The Bertz CT molecular complexity index is 848. The Labute approximate surface area is 160 Å². The van der Waals surface area contributed by atoms with Crippen molar-refractivity contribution in [3.63, 3.8) is 0 Å². The summed E-state index contributed by atoms with van der Waals surface area (Å²) in [6.07, 6.45) is 2.51. The van der Waals surface area contributed by atoms with E-state index in [0.717, 1.165) is 50.5 Å². The molecule has 0 aliphatic carbocycles. The Balaban J connectivity index is 1.53. The van der Waals surface area contributed by atoms with Crippen molar-refractivity contribution in [1.29, 1.82) is 0 Å². The lowest BCUT2D eigenvalue weighted by Gasteiger charge is -2.34. The molecular weight excluding hydrogens is 364 g/mol. The molecule has 2 heterocycles. The summed E-state index contributed by atoms with van der Waals surface area (Å²) in [5.41, 5.74) is 1.02. The maximum absolute atomic E-state index is 11.3. The van der Waals surface area contributed by atoms with Crippen molar-refractivity contribution in [2.75, 3.05) is 49.5 Å². The first-order chi connectivity index (χ1) is 13.0. The molecule has 1 aliphatic heterocycles. The number of nitrogens with zero attached hydrogens (tertiary/aromatic N) is 4. The van der Waals surface area contributed by atoms with E-state index in [4.69, 9.17) is 5.14 Å². The number of anilines is 2. The number of likely N-dealkylation sites (N-methyl/N-ethyl adjacent to an activating group) is 1. The number of nitrogens with two attached hydrogens (primary N) is 1. The molecule has 0 unspecified atom stereocenters. The van der Waals surface area contributed by atoms with Crippen LogP contribution < -0.4 is 15.4 Å². The topological polar surface area (TPSA) is 104 Å². The van der Waals surface area contributed by atoms with Crippen LogP contribution >= 0.6 is 0 Å². The molecule has 8 nitrogen and oxygen atoms in total. The molecule has 3 rings (SSSR count). The Hall–Kier alpha value is -2.23. The molecular formula is C18H26N6O2S. The lowest BCUT2D eigenvalue weighted by atomic mass is 10.1. The lowest BCUT2D eigenvalue weighted by Crippen LogP contribution is -2.46. The SMILES string of the molecule is CCN1CCN(c2ccnc(NCCc3ccc(S(N)(=O)=O)cc3)n2)CC1. The van der Waals surface area contributed by atoms with E-state index in [0.29, 0.717) is 12.5 Å². The second-order valence-electron chi connectivity index (χ2n) is 6.53. The molecule has 9 heteroatoms. The molecule has 1 aromatic heterocycles. The molecule has 0 spiro atoms. The normalized spacial score (nSPS) is 15.7. The van der Waals surface area contributed by atoms with E-state index in [1.165, 1.54) is 12.1 Å². The van der Waals surface area contributed by atoms with Crippen LogP contribution in [0.4, 0.5) is 11.8 Å². The van der Waals surface area contributed by atoms with Gasteiger partial charge in [0, 0.05) is 38.9 Å². The van der Waals surface area contributed by atoms with E-state index in [9.17, 15) is 8.42 Å². The standard InChI is InChI=1S/C18H26N6O2S/c1-2-23-11-13-24(14-12-23)17-8-10-21-18(22-17)20-9-7-15-3-5-16(6-4-15)27(19,25)26/h3-6,8,10H,2,7,9,11-14H2,1H3,(H2,19,25,26)(H,20,21,22). The van der Waals surface area contributed by atoms with Gasteiger partial charge in [-0.25, -0.2) is 18.5 Å². The van der Waals surface area contributed by atoms with Crippen LogP contribution in [0.15, 0.2) is 41.4 Å². The molecule has 0 saturated carbocycles. The van der Waals surface area contributed by atoms with Gasteiger partial charge in [0.15, 0.2) is 0 Å². The third-order valence-electron chi connectivity index (χ3n) is 4.73. The van der Waals surface area contributed by atoms with Gasteiger partial charge >= 0.3 is 0 Å². The summed E-state index contributed by atoms with van der Waals surface area (Å²) in [5.74, 6) is 1.55. The highest BCUT2D eigenvalue weighted by Gasteiger charge is 2.17. The van der Waals surface area contributed by atoms with Gasteiger partial charge in [0.25, 0.3) is 0 Å². The number of sulfonamides is 1. The summed E-state index contributed by atoms with van der Waals surface area (Å²) >= 11 is 0. The van der Waals surface area contributed by atoms with E-state index in [2.05, 4.69) is 32.0 Å². The first-order valence-electron chi connectivity index (χ1n) is 9.11. The van der Waals surface area contributed by atoms with E-state index < -0.39 is 10.0 Å².